The molecular weight excluding hydrogens is 429 g/mol. The first kappa shape index (κ1) is 20.8. The van der Waals surface area contributed by atoms with Gasteiger partial charge in [-0.25, -0.2) is 9.37 Å². The smallest absolute Gasteiger partial charge is 0.264 e. The second kappa shape index (κ2) is 8.84. The highest BCUT2D eigenvalue weighted by Gasteiger charge is 2.29. The molecule has 0 unspecified atom stereocenters. The number of rotatable bonds is 4. The van der Waals surface area contributed by atoms with Crippen LogP contribution in [-0.4, -0.2) is 65.4 Å². The fourth-order valence-electron chi connectivity index (χ4n) is 3.95. The molecule has 0 saturated carbocycles. The van der Waals surface area contributed by atoms with Crippen LogP contribution in [0.15, 0.2) is 41.8 Å². The Hall–Kier alpha value is -3.04. The summed E-state index contributed by atoms with van der Waals surface area (Å²) in [5.41, 5.74) is 1.71. The van der Waals surface area contributed by atoms with Gasteiger partial charge >= 0.3 is 0 Å². The summed E-state index contributed by atoms with van der Waals surface area (Å²) in [5, 5.41) is 1.90. The van der Waals surface area contributed by atoms with Crippen LogP contribution in [0, 0.1) is 5.82 Å². The van der Waals surface area contributed by atoms with Gasteiger partial charge < -0.3 is 19.4 Å². The van der Waals surface area contributed by atoms with Gasteiger partial charge in [0.25, 0.3) is 5.91 Å². The van der Waals surface area contributed by atoms with Crippen molar-refractivity contribution in [3.63, 3.8) is 0 Å². The number of aromatic nitrogens is 2. The number of anilines is 1. The molecule has 9 heteroatoms. The van der Waals surface area contributed by atoms with Crippen LogP contribution in [0.5, 0.6) is 11.6 Å². The van der Waals surface area contributed by atoms with E-state index < -0.39 is 0 Å². The molecule has 0 aliphatic carbocycles. The molecule has 7 nitrogen and oxygen atoms in total. The summed E-state index contributed by atoms with van der Waals surface area (Å²) in [6.45, 7) is 4.54. The minimum atomic E-state index is -0.326. The number of fused-ring (bicyclic) bond motifs is 1. The lowest BCUT2D eigenvalue weighted by molar-refractivity contribution is 0.0737. The molecular formula is C23H24FN5O2S. The molecule has 0 radical (unpaired) electrons. The molecule has 1 amide bonds. The van der Waals surface area contributed by atoms with Crippen molar-refractivity contribution < 1.29 is 13.9 Å². The molecule has 4 heterocycles. The Balaban J connectivity index is 1.48. The molecule has 5 rings (SSSR count). The van der Waals surface area contributed by atoms with Gasteiger partial charge in [-0.3, -0.25) is 4.79 Å². The van der Waals surface area contributed by atoms with Crippen LogP contribution >= 0.6 is 11.3 Å². The summed E-state index contributed by atoms with van der Waals surface area (Å²) >= 11 is 1.44. The zero-order chi connectivity index (χ0) is 22.1. The lowest BCUT2D eigenvalue weighted by atomic mass is 10.1. The third-order valence-corrected chi connectivity index (χ3v) is 6.70. The predicted molar refractivity (Wildman–Crippen MR) is 121 cm³/mol. The minimum Gasteiger partial charge on any atom is -0.438 e. The number of benzene rings is 1. The van der Waals surface area contributed by atoms with E-state index >= 15 is 0 Å². The summed E-state index contributed by atoms with van der Waals surface area (Å²) in [4.78, 5) is 29.5. The Morgan fingerprint density at radius 2 is 1.84 bits per heavy atom. The Morgan fingerprint density at radius 3 is 2.56 bits per heavy atom. The van der Waals surface area contributed by atoms with Gasteiger partial charge in [0.15, 0.2) is 0 Å². The number of ether oxygens (including phenoxy) is 1. The summed E-state index contributed by atoms with van der Waals surface area (Å²) in [6, 6.07) is 9.59. The van der Waals surface area contributed by atoms with Gasteiger partial charge in [-0.1, -0.05) is 6.07 Å². The molecule has 2 aromatic heterocycles. The molecule has 1 fully saturated rings. The molecule has 1 saturated heterocycles. The third kappa shape index (κ3) is 4.31. The molecule has 0 atom stereocenters. The highest BCUT2D eigenvalue weighted by molar-refractivity contribution is 7.12. The molecule has 0 N–H and O–H groups in total. The zero-order valence-corrected chi connectivity index (χ0v) is 18.6. The molecule has 0 spiro atoms. The second-order valence-corrected chi connectivity index (χ2v) is 9.00. The topological polar surface area (TPSA) is 61.8 Å². The lowest BCUT2D eigenvalue weighted by Crippen LogP contribution is -2.45. The molecule has 2 aliphatic rings. The van der Waals surface area contributed by atoms with E-state index in [1.165, 1.54) is 23.5 Å². The summed E-state index contributed by atoms with van der Waals surface area (Å²) in [6.07, 6.45) is 0.634. The first-order valence-electron chi connectivity index (χ1n) is 10.7. The van der Waals surface area contributed by atoms with E-state index in [4.69, 9.17) is 14.7 Å². The Morgan fingerprint density at radius 1 is 1.06 bits per heavy atom. The molecule has 1 aromatic carbocycles. The fraction of sp³-hybridized carbons (Fsp3) is 0.348. The van der Waals surface area contributed by atoms with E-state index in [-0.39, 0.29) is 11.7 Å². The largest absolute Gasteiger partial charge is 0.438 e. The molecule has 32 heavy (non-hydrogen) atoms. The number of carbonyl (C=O) groups is 1. The van der Waals surface area contributed by atoms with Crippen molar-refractivity contribution in [2.75, 3.05) is 44.7 Å². The first-order chi connectivity index (χ1) is 15.6. The van der Waals surface area contributed by atoms with Crippen LogP contribution in [-0.2, 0) is 13.0 Å². The average molecular weight is 454 g/mol. The minimum absolute atomic E-state index is 0.00141. The van der Waals surface area contributed by atoms with E-state index in [0.29, 0.717) is 42.0 Å². The van der Waals surface area contributed by atoms with Crippen LogP contribution in [0.3, 0.4) is 0 Å². The van der Waals surface area contributed by atoms with Crippen molar-refractivity contribution >= 4 is 23.2 Å². The SMILES string of the molecule is CN1CCN(c2nc3c(c(Oc4ccc(F)cc4)n2)CN(C(=O)c2cccs2)CC3)CC1. The second-order valence-electron chi connectivity index (χ2n) is 8.05. The van der Waals surface area contributed by atoms with Gasteiger partial charge in [-0.05, 0) is 42.8 Å². The number of amides is 1. The highest BCUT2D eigenvalue weighted by atomic mass is 32.1. The molecule has 3 aromatic rings. The predicted octanol–water partition coefficient (Wildman–Crippen LogP) is 3.42. The molecule has 166 valence electrons. The third-order valence-electron chi connectivity index (χ3n) is 5.84. The number of piperazine rings is 1. The summed E-state index contributed by atoms with van der Waals surface area (Å²) in [7, 11) is 2.10. The van der Waals surface area contributed by atoms with Gasteiger partial charge in [-0.15, -0.1) is 11.3 Å². The van der Waals surface area contributed by atoms with Crippen molar-refractivity contribution in [3.05, 3.63) is 63.7 Å². The average Bonchev–Trinajstić information content (AvgIpc) is 3.35. The van der Waals surface area contributed by atoms with Crippen molar-refractivity contribution in [1.82, 2.24) is 19.8 Å². The molecule has 2 aliphatic heterocycles. The van der Waals surface area contributed by atoms with Crippen molar-refractivity contribution in [2.24, 2.45) is 0 Å². The van der Waals surface area contributed by atoms with Crippen LogP contribution in [0.25, 0.3) is 0 Å². The quantitative estimate of drug-likeness (QED) is 0.603. The zero-order valence-electron chi connectivity index (χ0n) is 17.8. The number of likely N-dealkylation sites (N-methyl/N-ethyl adjacent to an activating group) is 1. The monoisotopic (exact) mass is 453 g/mol. The van der Waals surface area contributed by atoms with Crippen LogP contribution in [0.2, 0.25) is 0 Å². The van der Waals surface area contributed by atoms with Crippen LogP contribution in [0.4, 0.5) is 10.3 Å². The summed E-state index contributed by atoms with van der Waals surface area (Å²) < 4.78 is 19.5. The number of hydrogen-bond acceptors (Lipinski definition) is 7. The van der Waals surface area contributed by atoms with E-state index in [2.05, 4.69) is 16.8 Å². The maximum Gasteiger partial charge on any atom is 0.264 e. The van der Waals surface area contributed by atoms with Gasteiger partial charge in [0.1, 0.15) is 11.6 Å². The Labute approximate surface area is 190 Å². The Bertz CT molecular complexity index is 1100. The maximum absolute atomic E-state index is 13.4. The van der Waals surface area contributed by atoms with E-state index in [1.54, 1.807) is 12.1 Å². The normalized spacial score (nSPS) is 16.7. The van der Waals surface area contributed by atoms with Crippen LogP contribution in [0.1, 0.15) is 20.9 Å². The van der Waals surface area contributed by atoms with E-state index in [1.807, 2.05) is 22.4 Å². The van der Waals surface area contributed by atoms with Crippen molar-refractivity contribution in [1.29, 1.82) is 0 Å². The van der Waals surface area contributed by atoms with Gasteiger partial charge in [0.2, 0.25) is 11.8 Å². The summed E-state index contributed by atoms with van der Waals surface area (Å²) in [5.74, 6) is 1.25. The molecule has 0 bridgehead atoms. The van der Waals surface area contributed by atoms with E-state index in [0.717, 1.165) is 37.4 Å². The standard InChI is InChI=1S/C23H24FN5O2S/c1-27-10-12-28(13-11-27)23-25-19-8-9-29(22(30)20-3-2-14-32-20)15-18(19)21(26-23)31-17-6-4-16(24)5-7-17/h2-7,14H,8-13,15H2,1H3. The van der Waals surface area contributed by atoms with Gasteiger partial charge in [0, 0.05) is 39.1 Å². The lowest BCUT2D eigenvalue weighted by Gasteiger charge is -2.34. The van der Waals surface area contributed by atoms with Crippen molar-refractivity contribution in [2.45, 2.75) is 13.0 Å². The van der Waals surface area contributed by atoms with Gasteiger partial charge in [0.05, 0.1) is 22.7 Å². The van der Waals surface area contributed by atoms with Crippen LogP contribution < -0.4 is 9.64 Å². The number of nitrogens with zero attached hydrogens (tertiary/aromatic N) is 5. The Kier molecular flexibility index (Phi) is 5.75. The van der Waals surface area contributed by atoms with E-state index in [9.17, 15) is 9.18 Å². The number of thiophene rings is 1. The van der Waals surface area contributed by atoms with Gasteiger partial charge in [-0.2, -0.15) is 4.98 Å². The number of carbonyl (C=O) groups excluding carboxylic acids is 1. The highest BCUT2D eigenvalue weighted by Crippen LogP contribution is 2.32. The maximum atomic E-state index is 13.4. The number of halogens is 1. The van der Waals surface area contributed by atoms with Crippen molar-refractivity contribution in [3.8, 4) is 11.6 Å². The number of hydrogen-bond donors (Lipinski definition) is 0. The first-order valence-corrected chi connectivity index (χ1v) is 11.5. The fourth-order valence-corrected chi connectivity index (χ4v) is 4.64.